The van der Waals surface area contributed by atoms with Gasteiger partial charge in [0.15, 0.2) is 0 Å². The predicted molar refractivity (Wildman–Crippen MR) is 127 cm³/mol. The van der Waals surface area contributed by atoms with Crippen molar-refractivity contribution in [1.29, 1.82) is 0 Å². The molecule has 1 aliphatic carbocycles. The largest absolute Gasteiger partial charge is 0.490 e. The lowest BCUT2D eigenvalue weighted by atomic mass is 10.1. The second kappa shape index (κ2) is 16.4. The van der Waals surface area contributed by atoms with E-state index in [2.05, 4.69) is 28.7 Å². The first-order valence-corrected chi connectivity index (χ1v) is 10.6. The van der Waals surface area contributed by atoms with Crippen molar-refractivity contribution in [2.75, 3.05) is 27.3 Å². The van der Waals surface area contributed by atoms with Crippen LogP contribution in [0.3, 0.4) is 0 Å². The summed E-state index contributed by atoms with van der Waals surface area (Å²) in [5.41, 5.74) is 5.34. The fourth-order valence-electron chi connectivity index (χ4n) is 2.72. The molecule has 2 aromatic rings. The van der Waals surface area contributed by atoms with E-state index in [-0.39, 0.29) is 0 Å². The molecule has 0 atom stereocenters. The number of fused-ring (bicyclic) bond motifs is 3. The summed E-state index contributed by atoms with van der Waals surface area (Å²) in [5, 5.41) is 7.27. The van der Waals surface area contributed by atoms with Gasteiger partial charge >= 0.3 is 0 Å². The summed E-state index contributed by atoms with van der Waals surface area (Å²) in [6.45, 7) is 13.4. The van der Waals surface area contributed by atoms with Crippen molar-refractivity contribution in [2.24, 2.45) is 5.16 Å². The van der Waals surface area contributed by atoms with Crippen molar-refractivity contribution >= 4 is 5.71 Å². The molecule has 2 aromatic carbocycles. The normalized spacial score (nSPS) is 11.8. The molecule has 4 heteroatoms. The van der Waals surface area contributed by atoms with Crippen molar-refractivity contribution in [2.45, 2.75) is 41.5 Å². The SMILES string of the molecule is CC.CC.CC.CNC/C=C/COc1ccc2c(c1)/C(=N/OC)c1ccccc1-2. The molecule has 0 heterocycles. The molecular weight excluding hydrogens is 360 g/mol. The minimum Gasteiger partial charge on any atom is -0.490 e. The number of nitrogens with zero attached hydrogens (tertiary/aromatic N) is 1. The summed E-state index contributed by atoms with van der Waals surface area (Å²) in [7, 11) is 3.49. The molecule has 160 valence electrons. The molecular formula is C25H38N2O2. The zero-order valence-electron chi connectivity index (χ0n) is 19.4. The van der Waals surface area contributed by atoms with Crippen molar-refractivity contribution in [3.05, 3.63) is 65.7 Å². The van der Waals surface area contributed by atoms with Crippen molar-refractivity contribution in [3.63, 3.8) is 0 Å². The highest BCUT2D eigenvalue weighted by atomic mass is 16.6. The van der Waals surface area contributed by atoms with Crippen LogP contribution in [-0.4, -0.2) is 33.0 Å². The number of likely N-dealkylation sites (N-methyl/N-ethyl adjacent to an activating group) is 1. The molecule has 0 aliphatic heterocycles. The van der Waals surface area contributed by atoms with Gasteiger partial charge in [-0.3, -0.25) is 0 Å². The fourth-order valence-corrected chi connectivity index (χ4v) is 2.72. The summed E-state index contributed by atoms with van der Waals surface area (Å²) in [4.78, 5) is 5.03. The van der Waals surface area contributed by atoms with E-state index in [0.717, 1.165) is 34.7 Å². The lowest BCUT2D eigenvalue weighted by Gasteiger charge is -2.06. The van der Waals surface area contributed by atoms with Crippen LogP contribution in [0.5, 0.6) is 5.75 Å². The molecule has 1 aliphatic rings. The minimum atomic E-state index is 0.546. The van der Waals surface area contributed by atoms with Crippen LogP contribution in [0.4, 0.5) is 0 Å². The first kappa shape index (κ1) is 26.4. The minimum absolute atomic E-state index is 0.546. The van der Waals surface area contributed by atoms with Crippen molar-refractivity contribution < 1.29 is 9.57 Å². The maximum absolute atomic E-state index is 5.79. The quantitative estimate of drug-likeness (QED) is 0.391. The van der Waals surface area contributed by atoms with Gasteiger partial charge in [-0.15, -0.1) is 0 Å². The Balaban J connectivity index is 0.00000120. The molecule has 3 rings (SSSR count). The number of rotatable bonds is 6. The van der Waals surface area contributed by atoms with Gasteiger partial charge in [-0.05, 0) is 36.4 Å². The van der Waals surface area contributed by atoms with E-state index in [1.807, 2.05) is 85.0 Å². The van der Waals surface area contributed by atoms with Gasteiger partial charge in [0.05, 0.1) is 0 Å². The van der Waals surface area contributed by atoms with Crippen LogP contribution in [0.25, 0.3) is 11.1 Å². The van der Waals surface area contributed by atoms with Gasteiger partial charge < -0.3 is 14.9 Å². The summed E-state index contributed by atoms with van der Waals surface area (Å²) >= 11 is 0. The maximum Gasteiger partial charge on any atom is 0.120 e. The zero-order valence-corrected chi connectivity index (χ0v) is 19.4. The number of hydrogen-bond donors (Lipinski definition) is 1. The first-order chi connectivity index (χ1) is 14.3. The standard InChI is InChI=1S/C19H20N2O2.3C2H6/c1-20-11-5-6-12-23-14-9-10-16-15-7-3-4-8-17(15)19(21-22-2)18(16)13-14;3*1-2/h3-10,13,20H,11-12H2,1-2H3;3*1-2H3/b6-5+,21-19+;;;. The van der Waals surface area contributed by atoms with E-state index in [1.165, 1.54) is 5.56 Å². The summed E-state index contributed by atoms with van der Waals surface area (Å²) in [6, 6.07) is 14.3. The van der Waals surface area contributed by atoms with Gasteiger partial charge in [-0.25, -0.2) is 0 Å². The zero-order chi connectivity index (χ0) is 22.1. The molecule has 0 amide bonds. The van der Waals surface area contributed by atoms with Gasteiger partial charge in [0.2, 0.25) is 0 Å². The summed E-state index contributed by atoms with van der Waals surface area (Å²) < 4.78 is 5.79. The highest BCUT2D eigenvalue weighted by Gasteiger charge is 2.25. The highest BCUT2D eigenvalue weighted by Crippen LogP contribution is 2.38. The third kappa shape index (κ3) is 7.39. The molecule has 0 bridgehead atoms. The third-order valence-corrected chi connectivity index (χ3v) is 3.74. The van der Waals surface area contributed by atoms with Crippen molar-refractivity contribution in [1.82, 2.24) is 5.32 Å². The maximum atomic E-state index is 5.79. The molecule has 0 saturated heterocycles. The Kier molecular flexibility index (Phi) is 14.9. The fraction of sp³-hybridized carbons (Fsp3) is 0.400. The number of ether oxygens (including phenoxy) is 1. The molecule has 29 heavy (non-hydrogen) atoms. The van der Waals surface area contributed by atoms with Gasteiger partial charge in [-0.1, -0.05) is 83.1 Å². The van der Waals surface area contributed by atoms with Crippen LogP contribution in [0.1, 0.15) is 52.7 Å². The molecule has 4 nitrogen and oxygen atoms in total. The third-order valence-electron chi connectivity index (χ3n) is 3.74. The van der Waals surface area contributed by atoms with Crippen LogP contribution in [0.2, 0.25) is 0 Å². The molecule has 1 N–H and O–H groups in total. The van der Waals surface area contributed by atoms with Gasteiger partial charge in [0.1, 0.15) is 25.2 Å². The Morgan fingerprint density at radius 2 is 1.45 bits per heavy atom. The van der Waals surface area contributed by atoms with Crippen LogP contribution < -0.4 is 10.1 Å². The lowest BCUT2D eigenvalue weighted by molar-refractivity contribution is 0.214. The molecule has 0 aromatic heterocycles. The van der Waals surface area contributed by atoms with E-state index >= 15 is 0 Å². The van der Waals surface area contributed by atoms with E-state index < -0.39 is 0 Å². The Morgan fingerprint density at radius 3 is 2.07 bits per heavy atom. The molecule has 0 unspecified atom stereocenters. The van der Waals surface area contributed by atoms with Gasteiger partial charge in [-0.2, -0.15) is 0 Å². The second-order valence-corrected chi connectivity index (χ2v) is 5.22. The van der Waals surface area contributed by atoms with Crippen LogP contribution in [0, 0.1) is 0 Å². The van der Waals surface area contributed by atoms with Crippen LogP contribution in [-0.2, 0) is 4.84 Å². The van der Waals surface area contributed by atoms with E-state index in [9.17, 15) is 0 Å². The monoisotopic (exact) mass is 398 g/mol. The van der Waals surface area contributed by atoms with E-state index in [1.54, 1.807) is 7.11 Å². The predicted octanol–water partition coefficient (Wildman–Crippen LogP) is 6.30. The number of benzene rings is 2. The first-order valence-electron chi connectivity index (χ1n) is 10.6. The summed E-state index contributed by atoms with van der Waals surface area (Å²) in [6.07, 6.45) is 4.05. The lowest BCUT2D eigenvalue weighted by Crippen LogP contribution is -2.05. The molecule has 0 spiro atoms. The average Bonchev–Trinajstić information content (AvgIpc) is 3.11. The Hall–Kier alpha value is -2.59. The van der Waals surface area contributed by atoms with Crippen LogP contribution >= 0.6 is 0 Å². The average molecular weight is 399 g/mol. The molecule has 0 radical (unpaired) electrons. The number of nitrogens with one attached hydrogen (secondary N) is 1. The highest BCUT2D eigenvalue weighted by molar-refractivity contribution is 6.24. The van der Waals surface area contributed by atoms with E-state index in [4.69, 9.17) is 9.57 Å². The number of hydrogen-bond acceptors (Lipinski definition) is 4. The number of oxime groups is 1. The topological polar surface area (TPSA) is 42.8 Å². The van der Waals surface area contributed by atoms with Gasteiger partial charge in [0.25, 0.3) is 0 Å². The Labute approximate surface area is 177 Å². The van der Waals surface area contributed by atoms with Crippen molar-refractivity contribution in [3.8, 4) is 16.9 Å². The van der Waals surface area contributed by atoms with Crippen LogP contribution in [0.15, 0.2) is 59.8 Å². The second-order valence-electron chi connectivity index (χ2n) is 5.22. The van der Waals surface area contributed by atoms with Gasteiger partial charge in [0, 0.05) is 17.7 Å². The molecule has 0 saturated carbocycles. The summed E-state index contributed by atoms with van der Waals surface area (Å²) in [5.74, 6) is 0.828. The smallest absolute Gasteiger partial charge is 0.120 e. The van der Waals surface area contributed by atoms with E-state index in [0.29, 0.717) is 6.61 Å². The Morgan fingerprint density at radius 1 is 0.828 bits per heavy atom. The molecule has 0 fully saturated rings. The Bertz CT molecular complexity index is 752.